The molecule has 0 bridgehead atoms. The Morgan fingerprint density at radius 1 is 1.33 bits per heavy atom. The van der Waals surface area contributed by atoms with E-state index in [0.29, 0.717) is 17.3 Å². The summed E-state index contributed by atoms with van der Waals surface area (Å²) in [7, 11) is 0. The topological polar surface area (TPSA) is 44.5 Å². The second-order valence-electron chi connectivity index (χ2n) is 4.15. The third-order valence-electron chi connectivity index (χ3n) is 3.29. The van der Waals surface area contributed by atoms with Crippen molar-refractivity contribution >= 4 is 11.6 Å². The molecule has 1 aromatic rings. The fourth-order valence-electron chi connectivity index (χ4n) is 2.08. The van der Waals surface area contributed by atoms with Crippen LogP contribution in [0, 0.1) is 0 Å². The van der Waals surface area contributed by atoms with E-state index in [1.54, 1.807) is 0 Å². The average molecular weight is 226 g/mol. The molecule has 80 valence electrons. The Morgan fingerprint density at radius 2 is 2.13 bits per heavy atom. The lowest BCUT2D eigenvalue weighted by molar-refractivity contribution is 0.174. The molecule has 0 amide bonds. The highest BCUT2D eigenvalue weighted by Gasteiger charge is 2.45. The Balaban J connectivity index is 2.10. The van der Waals surface area contributed by atoms with Gasteiger partial charge in [0, 0.05) is 12.0 Å². The molecule has 0 unspecified atom stereocenters. The third-order valence-corrected chi connectivity index (χ3v) is 3.67. The van der Waals surface area contributed by atoms with Gasteiger partial charge in [-0.05, 0) is 24.5 Å². The van der Waals surface area contributed by atoms with Crippen molar-refractivity contribution in [3.63, 3.8) is 0 Å². The lowest BCUT2D eigenvalue weighted by Gasteiger charge is -2.15. The van der Waals surface area contributed by atoms with Crippen molar-refractivity contribution in [1.82, 2.24) is 0 Å². The van der Waals surface area contributed by atoms with E-state index >= 15 is 0 Å². The molecule has 3 rings (SSSR count). The highest BCUT2D eigenvalue weighted by atomic mass is 35.5. The van der Waals surface area contributed by atoms with Crippen LogP contribution in [0.15, 0.2) is 12.1 Å². The van der Waals surface area contributed by atoms with E-state index in [4.69, 9.17) is 26.8 Å². The summed E-state index contributed by atoms with van der Waals surface area (Å²) in [6, 6.07) is 3.93. The lowest BCUT2D eigenvalue weighted by atomic mass is 9.95. The molecule has 2 N–H and O–H groups in total. The first kappa shape index (κ1) is 9.31. The number of halogens is 1. The summed E-state index contributed by atoms with van der Waals surface area (Å²) >= 11 is 6.30. The number of rotatable bonds is 2. The minimum Gasteiger partial charge on any atom is -0.454 e. The zero-order chi connectivity index (χ0) is 10.5. The zero-order valence-corrected chi connectivity index (χ0v) is 9.01. The summed E-state index contributed by atoms with van der Waals surface area (Å²) < 4.78 is 10.6. The van der Waals surface area contributed by atoms with Gasteiger partial charge in [0.05, 0.1) is 5.02 Å². The number of benzene rings is 1. The molecule has 1 aliphatic heterocycles. The Hall–Kier alpha value is -0.930. The van der Waals surface area contributed by atoms with Gasteiger partial charge < -0.3 is 15.2 Å². The summed E-state index contributed by atoms with van der Waals surface area (Å²) in [5.74, 6) is 1.41. The van der Waals surface area contributed by atoms with Crippen LogP contribution in [0.4, 0.5) is 0 Å². The average Bonchev–Trinajstić information content (AvgIpc) is 2.89. The third kappa shape index (κ3) is 1.23. The summed E-state index contributed by atoms with van der Waals surface area (Å²) in [5.41, 5.74) is 6.99. The lowest BCUT2D eigenvalue weighted by Crippen LogP contribution is -2.20. The molecule has 1 saturated carbocycles. The van der Waals surface area contributed by atoms with Crippen LogP contribution < -0.4 is 15.2 Å². The molecule has 3 nitrogen and oxygen atoms in total. The minimum atomic E-state index is 0.0953. The van der Waals surface area contributed by atoms with Crippen LogP contribution in [0.3, 0.4) is 0 Å². The maximum absolute atomic E-state index is 6.30. The molecule has 1 aromatic carbocycles. The molecule has 1 aliphatic carbocycles. The molecule has 15 heavy (non-hydrogen) atoms. The number of fused-ring (bicyclic) bond motifs is 1. The van der Waals surface area contributed by atoms with Crippen LogP contribution >= 0.6 is 11.6 Å². The predicted octanol–water partition coefficient (Wildman–Crippen LogP) is 2.06. The minimum absolute atomic E-state index is 0.0953. The molecule has 0 atom stereocenters. The van der Waals surface area contributed by atoms with Crippen molar-refractivity contribution in [2.24, 2.45) is 5.73 Å². The van der Waals surface area contributed by atoms with Crippen LogP contribution in [0.2, 0.25) is 5.02 Å². The first-order valence-electron chi connectivity index (χ1n) is 5.05. The molecular weight excluding hydrogens is 214 g/mol. The summed E-state index contributed by atoms with van der Waals surface area (Å²) in [4.78, 5) is 0. The van der Waals surface area contributed by atoms with Gasteiger partial charge in [0.25, 0.3) is 0 Å². The first-order valence-corrected chi connectivity index (χ1v) is 5.43. The molecule has 0 saturated heterocycles. The molecule has 2 aliphatic rings. The number of hydrogen-bond donors (Lipinski definition) is 1. The largest absolute Gasteiger partial charge is 0.454 e. The van der Waals surface area contributed by atoms with Gasteiger partial charge in [-0.2, -0.15) is 0 Å². The standard InChI is InChI=1S/C11H12ClNO2/c12-9-7(11(5-13)3-4-11)1-2-8-10(9)15-6-14-8/h1-2H,3-6,13H2. The van der Waals surface area contributed by atoms with Gasteiger partial charge in [-0.25, -0.2) is 0 Å². The van der Waals surface area contributed by atoms with E-state index in [0.717, 1.165) is 24.2 Å². The van der Waals surface area contributed by atoms with Crippen LogP contribution in [0.5, 0.6) is 11.5 Å². The Labute approximate surface area is 93.1 Å². The predicted molar refractivity (Wildman–Crippen MR) is 57.5 cm³/mol. The quantitative estimate of drug-likeness (QED) is 0.838. The van der Waals surface area contributed by atoms with Crippen molar-refractivity contribution in [3.05, 3.63) is 22.7 Å². The van der Waals surface area contributed by atoms with E-state index < -0.39 is 0 Å². The Morgan fingerprint density at radius 3 is 2.80 bits per heavy atom. The van der Waals surface area contributed by atoms with E-state index in [2.05, 4.69) is 0 Å². The van der Waals surface area contributed by atoms with Gasteiger partial charge in [-0.1, -0.05) is 17.7 Å². The second-order valence-corrected chi connectivity index (χ2v) is 4.52. The van der Waals surface area contributed by atoms with Crippen molar-refractivity contribution in [2.45, 2.75) is 18.3 Å². The number of ether oxygens (including phenoxy) is 2. The zero-order valence-electron chi connectivity index (χ0n) is 8.25. The molecule has 1 heterocycles. The summed E-state index contributed by atoms with van der Waals surface area (Å²) in [6.45, 7) is 0.903. The Bertz CT molecular complexity index is 415. The number of hydrogen-bond acceptors (Lipinski definition) is 3. The van der Waals surface area contributed by atoms with Crippen molar-refractivity contribution in [3.8, 4) is 11.5 Å². The maximum Gasteiger partial charge on any atom is 0.231 e. The Kier molecular flexibility index (Phi) is 1.88. The van der Waals surface area contributed by atoms with Gasteiger partial charge >= 0.3 is 0 Å². The van der Waals surface area contributed by atoms with Crippen LogP contribution in [0.1, 0.15) is 18.4 Å². The van der Waals surface area contributed by atoms with E-state index in [1.165, 1.54) is 0 Å². The normalized spacial score (nSPS) is 20.4. The molecule has 4 heteroatoms. The monoisotopic (exact) mass is 225 g/mol. The van der Waals surface area contributed by atoms with Gasteiger partial charge in [-0.15, -0.1) is 0 Å². The van der Waals surface area contributed by atoms with Crippen molar-refractivity contribution in [2.75, 3.05) is 13.3 Å². The highest BCUT2D eigenvalue weighted by molar-refractivity contribution is 6.33. The maximum atomic E-state index is 6.30. The van der Waals surface area contributed by atoms with Crippen molar-refractivity contribution in [1.29, 1.82) is 0 Å². The molecule has 0 aromatic heterocycles. The molecule has 0 spiro atoms. The second kappa shape index (κ2) is 3.03. The van der Waals surface area contributed by atoms with Crippen LogP contribution in [0.25, 0.3) is 0 Å². The fourth-order valence-corrected chi connectivity index (χ4v) is 2.49. The van der Waals surface area contributed by atoms with Crippen molar-refractivity contribution < 1.29 is 9.47 Å². The molecular formula is C11H12ClNO2. The fraction of sp³-hybridized carbons (Fsp3) is 0.455. The van der Waals surface area contributed by atoms with Crippen LogP contribution in [-0.2, 0) is 5.41 Å². The first-order chi connectivity index (χ1) is 7.27. The SMILES string of the molecule is NCC1(c2ccc3c(c2Cl)OCO3)CC1. The van der Waals surface area contributed by atoms with E-state index in [-0.39, 0.29) is 12.2 Å². The summed E-state index contributed by atoms with van der Waals surface area (Å²) in [5, 5.41) is 0.674. The smallest absolute Gasteiger partial charge is 0.231 e. The van der Waals surface area contributed by atoms with E-state index in [1.807, 2.05) is 12.1 Å². The van der Waals surface area contributed by atoms with Crippen LogP contribution in [-0.4, -0.2) is 13.3 Å². The highest BCUT2D eigenvalue weighted by Crippen LogP contribution is 2.53. The molecule has 1 fully saturated rings. The summed E-state index contributed by atoms with van der Waals surface area (Å²) in [6.07, 6.45) is 2.23. The van der Waals surface area contributed by atoms with E-state index in [9.17, 15) is 0 Å². The van der Waals surface area contributed by atoms with Gasteiger partial charge in [-0.3, -0.25) is 0 Å². The van der Waals surface area contributed by atoms with Gasteiger partial charge in [0.15, 0.2) is 11.5 Å². The van der Waals surface area contributed by atoms with Gasteiger partial charge in [0.1, 0.15) is 0 Å². The number of nitrogens with two attached hydrogens (primary N) is 1. The van der Waals surface area contributed by atoms with Gasteiger partial charge in [0.2, 0.25) is 6.79 Å². The molecule has 0 radical (unpaired) electrons.